The average molecular weight is 892 g/mol. The highest BCUT2D eigenvalue weighted by Crippen LogP contribution is 2.18. The summed E-state index contributed by atoms with van der Waals surface area (Å²) in [5.74, 6) is 0.0135. The molecule has 0 radical (unpaired) electrons. The van der Waals surface area contributed by atoms with Crippen molar-refractivity contribution in [2.45, 2.75) is 329 Å². The van der Waals surface area contributed by atoms with Crippen LogP contribution in [0, 0.1) is 5.92 Å². The van der Waals surface area contributed by atoms with E-state index in [-0.39, 0.29) is 31.1 Å². The molecular weight excluding hydrogens is 781 g/mol. The first-order valence-corrected chi connectivity index (χ1v) is 28.4. The van der Waals surface area contributed by atoms with E-state index < -0.39 is 6.10 Å². The molecule has 0 amide bonds. The van der Waals surface area contributed by atoms with Gasteiger partial charge < -0.3 is 14.2 Å². The van der Waals surface area contributed by atoms with Gasteiger partial charge in [0.25, 0.3) is 0 Å². The van der Waals surface area contributed by atoms with Gasteiger partial charge in [0.15, 0.2) is 6.10 Å². The maximum Gasteiger partial charge on any atom is 0.306 e. The van der Waals surface area contributed by atoms with E-state index in [0.717, 1.165) is 63.7 Å². The minimum atomic E-state index is -0.761. The summed E-state index contributed by atoms with van der Waals surface area (Å²) in [5.41, 5.74) is 0. The fourth-order valence-electron chi connectivity index (χ4n) is 8.75. The normalized spacial score (nSPS) is 12.0. The number of hydrogen-bond acceptors (Lipinski definition) is 6. The average Bonchev–Trinajstić information content (AvgIpc) is 3.27. The molecule has 0 aliphatic rings. The molecule has 0 rings (SSSR count). The quantitative estimate of drug-likeness (QED) is 0.0344. The predicted molar refractivity (Wildman–Crippen MR) is 270 cm³/mol. The van der Waals surface area contributed by atoms with Crippen molar-refractivity contribution in [2.24, 2.45) is 5.92 Å². The molecule has 63 heavy (non-hydrogen) atoms. The van der Waals surface area contributed by atoms with Gasteiger partial charge in [-0.15, -0.1) is 0 Å². The molecule has 0 unspecified atom stereocenters. The molecule has 0 bridgehead atoms. The molecule has 0 aromatic heterocycles. The van der Waals surface area contributed by atoms with Gasteiger partial charge in [-0.3, -0.25) is 14.4 Å². The summed E-state index contributed by atoms with van der Waals surface area (Å²) in [7, 11) is 0. The highest BCUT2D eigenvalue weighted by Gasteiger charge is 2.19. The van der Waals surface area contributed by atoms with Crippen LogP contribution in [-0.2, 0) is 28.6 Å². The Balaban J connectivity index is 4.24. The highest BCUT2D eigenvalue weighted by atomic mass is 16.6. The van der Waals surface area contributed by atoms with Gasteiger partial charge in [-0.05, 0) is 25.2 Å². The van der Waals surface area contributed by atoms with Crippen molar-refractivity contribution in [2.75, 3.05) is 13.2 Å². The summed E-state index contributed by atoms with van der Waals surface area (Å²) in [5, 5.41) is 0. The number of unbranched alkanes of at least 4 members (excludes halogenated alkanes) is 39. The third-order valence-corrected chi connectivity index (χ3v) is 13.0. The zero-order chi connectivity index (χ0) is 45.9. The fourth-order valence-corrected chi connectivity index (χ4v) is 8.75. The maximum atomic E-state index is 12.8. The smallest absolute Gasteiger partial charge is 0.306 e. The highest BCUT2D eigenvalue weighted by molar-refractivity contribution is 5.71. The first kappa shape index (κ1) is 61.4. The summed E-state index contributed by atoms with van der Waals surface area (Å²) in [6, 6.07) is 0. The van der Waals surface area contributed by atoms with Gasteiger partial charge in [0.2, 0.25) is 0 Å². The van der Waals surface area contributed by atoms with Crippen LogP contribution in [-0.4, -0.2) is 37.2 Å². The molecule has 0 N–H and O–H groups in total. The first-order chi connectivity index (χ1) is 30.9. The lowest BCUT2D eigenvalue weighted by atomic mass is 10.0. The van der Waals surface area contributed by atoms with Crippen LogP contribution in [0.3, 0.4) is 0 Å². The first-order valence-electron chi connectivity index (χ1n) is 28.4. The van der Waals surface area contributed by atoms with E-state index in [9.17, 15) is 14.4 Å². The van der Waals surface area contributed by atoms with Crippen molar-refractivity contribution in [3.8, 4) is 0 Å². The Kier molecular flexibility index (Phi) is 50.1. The van der Waals surface area contributed by atoms with Gasteiger partial charge >= 0.3 is 17.9 Å². The van der Waals surface area contributed by atoms with Gasteiger partial charge in [0, 0.05) is 19.3 Å². The van der Waals surface area contributed by atoms with Crippen molar-refractivity contribution < 1.29 is 28.6 Å². The number of hydrogen-bond donors (Lipinski definition) is 0. The molecule has 6 nitrogen and oxygen atoms in total. The molecule has 6 heteroatoms. The number of carbonyl (C=O) groups excluding carboxylic acids is 3. The van der Waals surface area contributed by atoms with E-state index in [1.54, 1.807) is 0 Å². The molecule has 0 heterocycles. The lowest BCUT2D eigenvalue weighted by Crippen LogP contribution is -2.30. The van der Waals surface area contributed by atoms with Crippen molar-refractivity contribution in [3.63, 3.8) is 0 Å². The number of esters is 3. The van der Waals surface area contributed by atoms with Gasteiger partial charge in [-0.25, -0.2) is 0 Å². The molecule has 374 valence electrons. The lowest BCUT2D eigenvalue weighted by Gasteiger charge is -2.18. The zero-order valence-electron chi connectivity index (χ0n) is 43.0. The standard InChI is InChI=1S/C57H110O6/c1-5-7-9-11-13-15-17-18-19-23-26-29-33-37-41-45-49-56(59)62-52-54(51-61-55(58)48-44-40-36-32-16-14-12-10-8-6-2)63-57(60)50-46-42-38-34-30-27-24-21-20-22-25-28-31-35-39-43-47-53(3)4/h53-54H,5-52H2,1-4H3/t54-/m1/s1. The van der Waals surface area contributed by atoms with Crippen LogP contribution in [0.1, 0.15) is 323 Å². The lowest BCUT2D eigenvalue weighted by molar-refractivity contribution is -0.167. The Labute approximate surface area is 393 Å². The molecule has 0 aliphatic carbocycles. The van der Waals surface area contributed by atoms with Crippen LogP contribution in [0.4, 0.5) is 0 Å². The Hall–Kier alpha value is -1.59. The Morgan fingerprint density at radius 2 is 0.524 bits per heavy atom. The van der Waals surface area contributed by atoms with E-state index in [4.69, 9.17) is 14.2 Å². The zero-order valence-corrected chi connectivity index (χ0v) is 43.0. The van der Waals surface area contributed by atoms with E-state index in [2.05, 4.69) is 27.7 Å². The van der Waals surface area contributed by atoms with Gasteiger partial charge in [0.05, 0.1) is 0 Å². The summed E-state index contributed by atoms with van der Waals surface area (Å²) >= 11 is 0. The van der Waals surface area contributed by atoms with Gasteiger partial charge in [-0.1, -0.05) is 285 Å². The monoisotopic (exact) mass is 891 g/mol. The second kappa shape index (κ2) is 51.4. The van der Waals surface area contributed by atoms with Crippen LogP contribution < -0.4 is 0 Å². The number of ether oxygens (including phenoxy) is 3. The van der Waals surface area contributed by atoms with Crippen molar-refractivity contribution in [1.29, 1.82) is 0 Å². The van der Waals surface area contributed by atoms with E-state index >= 15 is 0 Å². The third-order valence-electron chi connectivity index (χ3n) is 13.0. The third kappa shape index (κ3) is 51.3. The van der Waals surface area contributed by atoms with Crippen LogP contribution in [0.25, 0.3) is 0 Å². The molecule has 0 fully saturated rings. The van der Waals surface area contributed by atoms with E-state index in [1.807, 2.05) is 0 Å². The van der Waals surface area contributed by atoms with E-state index in [0.29, 0.717) is 19.3 Å². The Morgan fingerprint density at radius 1 is 0.302 bits per heavy atom. The summed E-state index contributed by atoms with van der Waals surface area (Å²) in [6.45, 7) is 9.05. The van der Waals surface area contributed by atoms with Crippen LogP contribution in [0.2, 0.25) is 0 Å². The van der Waals surface area contributed by atoms with Crippen molar-refractivity contribution in [1.82, 2.24) is 0 Å². The van der Waals surface area contributed by atoms with Crippen LogP contribution in [0.15, 0.2) is 0 Å². The van der Waals surface area contributed by atoms with Crippen molar-refractivity contribution in [3.05, 3.63) is 0 Å². The Morgan fingerprint density at radius 3 is 0.778 bits per heavy atom. The Bertz CT molecular complexity index is 949. The molecule has 0 saturated carbocycles. The summed E-state index contributed by atoms with van der Waals surface area (Å²) in [6.07, 6.45) is 55.2. The van der Waals surface area contributed by atoms with Crippen LogP contribution >= 0.6 is 0 Å². The predicted octanol–water partition coefficient (Wildman–Crippen LogP) is 18.6. The fraction of sp³-hybridized carbons (Fsp3) is 0.947. The minimum Gasteiger partial charge on any atom is -0.462 e. The molecule has 0 spiro atoms. The molecular formula is C57H110O6. The molecule has 0 aromatic rings. The molecule has 0 aliphatic heterocycles. The minimum absolute atomic E-state index is 0.0620. The van der Waals surface area contributed by atoms with E-state index in [1.165, 1.54) is 218 Å². The summed E-state index contributed by atoms with van der Waals surface area (Å²) < 4.78 is 16.9. The SMILES string of the molecule is CCCCCCCCCCCCCCCCCCC(=O)OC[C@@H](COC(=O)CCCCCCCCCCCC)OC(=O)CCCCCCCCCCCCCCCCCCC(C)C. The molecule has 1 atom stereocenters. The summed E-state index contributed by atoms with van der Waals surface area (Å²) in [4.78, 5) is 38.0. The second-order valence-corrected chi connectivity index (χ2v) is 20.1. The molecule has 0 aromatic carbocycles. The van der Waals surface area contributed by atoms with Gasteiger partial charge in [-0.2, -0.15) is 0 Å². The topological polar surface area (TPSA) is 78.9 Å². The molecule has 0 saturated heterocycles. The van der Waals surface area contributed by atoms with Gasteiger partial charge in [0.1, 0.15) is 13.2 Å². The van der Waals surface area contributed by atoms with Crippen molar-refractivity contribution >= 4 is 17.9 Å². The number of rotatable bonds is 52. The number of carbonyl (C=O) groups is 3. The van der Waals surface area contributed by atoms with Crippen LogP contribution in [0.5, 0.6) is 0 Å². The largest absolute Gasteiger partial charge is 0.462 e. The second-order valence-electron chi connectivity index (χ2n) is 20.1. The maximum absolute atomic E-state index is 12.8.